The van der Waals surface area contributed by atoms with E-state index in [1.165, 1.54) is 11.1 Å². The van der Waals surface area contributed by atoms with Gasteiger partial charge in [-0.05, 0) is 270 Å². The molecule has 33 heteroatoms. The minimum atomic E-state index is -0.665. The number of rotatable bonds is 24. The van der Waals surface area contributed by atoms with Crippen LogP contribution in [0, 0.1) is 80.6 Å². The molecule has 0 radical (unpaired) electrons. The first-order chi connectivity index (χ1) is 70.4. The molecule has 0 aromatic heterocycles. The zero-order chi connectivity index (χ0) is 109. The molecular formula is C115H145F2N11O20. The van der Waals surface area contributed by atoms with Crippen LogP contribution in [0.2, 0.25) is 0 Å². The third-order valence-corrected chi connectivity index (χ3v) is 19.1. The van der Waals surface area contributed by atoms with E-state index >= 15 is 0 Å². The van der Waals surface area contributed by atoms with E-state index in [1.54, 1.807) is 71.5 Å². The number of alkyl halides is 2. The first kappa shape index (κ1) is 124. The van der Waals surface area contributed by atoms with Crippen LogP contribution >= 0.6 is 0 Å². The van der Waals surface area contributed by atoms with Crippen LogP contribution in [-0.2, 0) is 37.9 Å². The highest BCUT2D eigenvalue weighted by Gasteiger charge is 2.25. The van der Waals surface area contributed by atoms with Crippen LogP contribution in [-0.4, -0.2) is 153 Å². The molecule has 13 rings (SSSR count). The predicted octanol–water partition coefficient (Wildman–Crippen LogP) is 28.3. The van der Waals surface area contributed by atoms with Gasteiger partial charge < -0.3 is 58.0 Å². The van der Waals surface area contributed by atoms with Gasteiger partial charge in [0.25, 0.3) is 0 Å². The van der Waals surface area contributed by atoms with Crippen LogP contribution in [0.25, 0.3) is 0 Å². The molecule has 0 unspecified atom stereocenters. The number of ether oxygens (including phenoxy) is 10. The average molecular weight is 2040 g/mol. The SMILES string of the molecule is C=CCNC(=O)Nc1ccc(C)cc1.CCCCOC(=O)Nc1cccc(C)c1.COc1ccc(OC(=O)Nc2cccc(C)c2)cc1.Cc1ccc(N2CCOC2=O)cc1.Cc1ccc(NC(=O)OC(C)(C)C)cc1.Cc1ccc(NC(=O)OCC(C)(C)C)cc1.Cc1ccc(NC(=O)OCC(C)C)cc1.Cc1ccc(NC(=O)OCCF)cc1.Cc1ccc(NC(=O)OCCF)cc1.Cc1cccc(N2CCOC2=O)c1. The molecule has 0 atom stereocenters. The quantitative estimate of drug-likeness (QED) is 0.0154. The Hall–Kier alpha value is -16.5. The molecule has 11 amide bonds. The molecule has 2 aliphatic rings. The Balaban J connectivity index is 0.000000343. The fourth-order valence-corrected chi connectivity index (χ4v) is 11.6. The molecule has 31 nitrogen and oxygen atoms in total. The van der Waals surface area contributed by atoms with E-state index in [2.05, 4.69) is 70.8 Å². The van der Waals surface area contributed by atoms with Gasteiger partial charge in [-0.25, -0.2) is 56.7 Å². The number of amides is 11. The van der Waals surface area contributed by atoms with Crippen LogP contribution in [0.1, 0.15) is 131 Å². The molecule has 0 saturated carbocycles. The molecule has 11 aromatic carbocycles. The van der Waals surface area contributed by atoms with Gasteiger partial charge in [-0.3, -0.25) is 47.0 Å². The molecule has 794 valence electrons. The van der Waals surface area contributed by atoms with Gasteiger partial charge in [0.05, 0.1) is 40.0 Å². The smallest absolute Gasteiger partial charge is 0.417 e. The Kier molecular flexibility index (Phi) is 57.5. The van der Waals surface area contributed by atoms with Crippen molar-refractivity contribution in [3.05, 3.63) is 335 Å². The highest BCUT2D eigenvalue weighted by Crippen LogP contribution is 2.25. The molecule has 2 saturated heterocycles. The number of aryl methyl sites for hydroxylation is 10. The van der Waals surface area contributed by atoms with Gasteiger partial charge in [0.15, 0.2) is 0 Å². The van der Waals surface area contributed by atoms with Crippen LogP contribution in [0.4, 0.5) is 114 Å². The maximum atomic E-state index is 11.7. The van der Waals surface area contributed by atoms with E-state index in [0.717, 1.165) is 97.2 Å². The number of anilines is 10. The van der Waals surface area contributed by atoms with Crippen LogP contribution < -0.4 is 67.1 Å². The van der Waals surface area contributed by atoms with E-state index in [1.807, 2.05) is 343 Å². The third kappa shape index (κ3) is 57.7. The first-order valence-electron chi connectivity index (χ1n) is 48.1. The Morgan fingerprint density at radius 2 is 0.703 bits per heavy atom. The number of methoxy groups -OCH3 is 1. The second-order valence-corrected chi connectivity index (χ2v) is 36.0. The van der Waals surface area contributed by atoms with E-state index in [4.69, 9.17) is 37.9 Å². The summed E-state index contributed by atoms with van der Waals surface area (Å²) in [6, 6.07) is 82.3. The average Bonchev–Trinajstić information content (AvgIpc) is 1.70. The largest absolute Gasteiger partial charge is 0.497 e. The maximum Gasteiger partial charge on any atom is 0.417 e. The lowest BCUT2D eigenvalue weighted by atomic mass is 9.99. The number of hydrogen-bond acceptors (Lipinski definition) is 20. The van der Waals surface area contributed by atoms with E-state index < -0.39 is 55.5 Å². The van der Waals surface area contributed by atoms with Gasteiger partial charge in [-0.1, -0.05) is 214 Å². The van der Waals surface area contributed by atoms with Crippen molar-refractivity contribution in [3.63, 3.8) is 0 Å². The number of nitrogens with one attached hydrogen (secondary N) is 9. The molecule has 0 spiro atoms. The van der Waals surface area contributed by atoms with E-state index in [-0.39, 0.29) is 42.9 Å². The van der Waals surface area contributed by atoms with Crippen molar-refractivity contribution in [2.24, 2.45) is 11.3 Å². The number of carbonyl (C=O) groups is 10. The minimum absolute atomic E-state index is 0.00931. The highest BCUT2D eigenvalue weighted by atomic mass is 19.1. The Morgan fingerprint density at radius 3 is 1.03 bits per heavy atom. The Morgan fingerprint density at radius 1 is 0.378 bits per heavy atom. The maximum absolute atomic E-state index is 11.7. The van der Waals surface area contributed by atoms with Crippen LogP contribution in [0.5, 0.6) is 11.5 Å². The van der Waals surface area contributed by atoms with Crippen molar-refractivity contribution in [3.8, 4) is 11.5 Å². The number of nitrogens with zero attached hydrogens (tertiary/aromatic N) is 2. The Labute approximate surface area is 869 Å². The summed E-state index contributed by atoms with van der Waals surface area (Å²) in [7, 11) is 1.58. The molecule has 2 heterocycles. The number of benzene rings is 11. The number of hydrogen-bond donors (Lipinski definition) is 9. The molecule has 2 fully saturated rings. The topological polar surface area (TPSA) is 378 Å². The second kappa shape index (κ2) is 68.7. The normalized spacial score (nSPS) is 11.1. The summed E-state index contributed by atoms with van der Waals surface area (Å²) in [5.74, 6) is 1.53. The number of halogens is 2. The monoisotopic (exact) mass is 2040 g/mol. The van der Waals surface area contributed by atoms with Gasteiger partial charge in [0.1, 0.15) is 56.9 Å². The lowest BCUT2D eigenvalue weighted by molar-refractivity contribution is 0.0635. The van der Waals surface area contributed by atoms with Crippen molar-refractivity contribution >= 4 is 118 Å². The van der Waals surface area contributed by atoms with Crippen molar-refractivity contribution in [2.45, 2.75) is 150 Å². The lowest BCUT2D eigenvalue weighted by Gasteiger charge is -2.19. The summed E-state index contributed by atoms with van der Waals surface area (Å²) in [4.78, 5) is 116. The zero-order valence-corrected chi connectivity index (χ0v) is 88.5. The van der Waals surface area contributed by atoms with E-state index in [0.29, 0.717) is 87.1 Å². The molecule has 0 bridgehead atoms. The van der Waals surface area contributed by atoms with Gasteiger partial charge >= 0.3 is 60.9 Å². The molecular weight excluding hydrogens is 1890 g/mol. The predicted molar refractivity (Wildman–Crippen MR) is 585 cm³/mol. The lowest BCUT2D eigenvalue weighted by Crippen LogP contribution is -2.28. The standard InChI is InChI=1S/C15H15NO3.C13H19NO2.3C12H17NO2.C11H14N2O.2C10H12FNO2.2C10H11NO2/c1-11-4-3-5-12(10-11)16-15(17)19-14-8-6-13(18-2)7-9-14;1-10-5-7-11(8-6-10)14-12(15)16-9-13(2,3)4;1-9-5-7-10(8-6-9)13-11(14)15-12(2,3)4;1-9(2)8-15-12(14)13-11-6-4-10(3)5-7-11;1-3-4-8-15-12(14)13-11-7-5-6-10(2)9-11;1-3-8-12-11(14)13-10-6-4-9(2)5-7-10;2*1-8-2-4-9(5-3-8)12-10(13)14-7-6-11;1-8-2-4-9(5-3-8)11-6-7-13-10(11)12;1-8-3-2-4-9(7-8)11-5-6-13-10(11)12/h3-10H,1-2H3,(H,16,17);5-8H,9H2,1-4H3,(H,14,15);5-8H,1-4H3,(H,13,14);4-7,9H,8H2,1-3H3,(H,13,14);5-7,9H,3-4,8H2,1-2H3,(H,13,14);3-7H,1,8H2,2H3,(H2,12,13,14);2*2-5H,6-7H2,1H3,(H,12,13);2-5H,6-7H2,1H3;2-4,7H,5-6H2,1H3. The minimum Gasteiger partial charge on any atom is -0.497 e. The highest BCUT2D eigenvalue weighted by molar-refractivity contribution is 5.92. The summed E-state index contributed by atoms with van der Waals surface area (Å²) in [5, 5.41) is 23.6. The summed E-state index contributed by atoms with van der Waals surface area (Å²) < 4.78 is 72.3. The van der Waals surface area contributed by atoms with Gasteiger partial charge in [-0.15, -0.1) is 6.58 Å². The Bertz CT molecular complexity index is 5750. The third-order valence-electron chi connectivity index (χ3n) is 19.1. The zero-order valence-electron chi connectivity index (χ0n) is 88.5. The summed E-state index contributed by atoms with van der Waals surface area (Å²) >= 11 is 0. The van der Waals surface area contributed by atoms with Crippen LogP contribution in [0.15, 0.2) is 280 Å². The van der Waals surface area contributed by atoms with Crippen molar-refractivity contribution in [1.29, 1.82) is 0 Å². The first-order valence-corrected chi connectivity index (χ1v) is 48.1. The second-order valence-electron chi connectivity index (χ2n) is 36.0. The van der Waals surface area contributed by atoms with Gasteiger partial charge in [0.2, 0.25) is 0 Å². The fraction of sp³-hybridized carbons (Fsp3) is 0.322. The fourth-order valence-electron chi connectivity index (χ4n) is 11.6. The number of cyclic esters (lactones) is 2. The molecule has 11 aromatic rings. The van der Waals surface area contributed by atoms with Crippen molar-refractivity contribution in [2.75, 3.05) is 139 Å². The van der Waals surface area contributed by atoms with E-state index in [9.17, 15) is 56.7 Å². The van der Waals surface area contributed by atoms with Crippen molar-refractivity contribution < 1.29 is 104 Å². The summed E-state index contributed by atoms with van der Waals surface area (Å²) in [6.45, 7) is 43.3. The van der Waals surface area contributed by atoms with Gasteiger partial charge in [-0.2, -0.15) is 0 Å². The molecule has 148 heavy (non-hydrogen) atoms. The van der Waals surface area contributed by atoms with Crippen LogP contribution in [0.3, 0.4) is 0 Å². The van der Waals surface area contributed by atoms with Gasteiger partial charge in [0, 0.05) is 63.4 Å². The molecule has 2 aliphatic heterocycles. The molecule has 0 aliphatic carbocycles. The summed E-state index contributed by atoms with van der Waals surface area (Å²) in [5.41, 5.74) is 18.5. The number of carbonyl (C=O) groups excluding carboxylic acids is 10. The molecule has 9 N–H and O–H groups in total. The number of unbranched alkanes of at least 4 members (excludes halogenated alkanes) is 1. The summed E-state index contributed by atoms with van der Waals surface area (Å²) in [6.07, 6.45) is -0.316. The van der Waals surface area contributed by atoms with Crippen molar-refractivity contribution in [1.82, 2.24) is 5.32 Å². The number of urea groups is 1.